The maximum Gasteiger partial charge on any atom is 0.161 e. The largest absolute Gasteiger partial charge is 0.453 e. The monoisotopic (exact) mass is 643 g/mol. The summed E-state index contributed by atoms with van der Waals surface area (Å²) < 4.78 is 11.6. The summed E-state index contributed by atoms with van der Waals surface area (Å²) in [5, 5.41) is 7.81. The molecule has 4 aromatic heterocycles. The highest BCUT2D eigenvalue weighted by molar-refractivity contribution is 7.26. The lowest BCUT2D eigenvalue weighted by Crippen LogP contribution is -1.94. The number of thiophene rings is 1. The van der Waals surface area contributed by atoms with Crippen LogP contribution in [0.1, 0.15) is 0 Å². The number of nitrogens with zero attached hydrogens (tertiary/aromatic N) is 3. The molecule has 0 saturated heterocycles. The second kappa shape index (κ2) is 10.1. The van der Waals surface area contributed by atoms with Gasteiger partial charge in [0.2, 0.25) is 0 Å². The van der Waals surface area contributed by atoms with E-state index in [2.05, 4.69) is 150 Å². The molecule has 4 nitrogen and oxygen atoms in total. The van der Waals surface area contributed by atoms with Crippen LogP contribution in [-0.2, 0) is 0 Å². The number of para-hydroxylation sites is 3. The van der Waals surface area contributed by atoms with Crippen LogP contribution in [0.15, 0.2) is 156 Å². The number of furan rings is 1. The Balaban J connectivity index is 1.24. The molecule has 4 heterocycles. The van der Waals surface area contributed by atoms with Crippen LogP contribution in [0, 0.1) is 0 Å². The summed E-state index contributed by atoms with van der Waals surface area (Å²) in [5.41, 5.74) is 9.06. The van der Waals surface area contributed by atoms with E-state index in [0.29, 0.717) is 5.82 Å². The van der Waals surface area contributed by atoms with Gasteiger partial charge in [-0.05, 0) is 35.7 Å². The van der Waals surface area contributed by atoms with Gasteiger partial charge < -0.3 is 8.98 Å². The molecule has 0 N–H and O–H groups in total. The van der Waals surface area contributed by atoms with Gasteiger partial charge in [0.1, 0.15) is 5.58 Å². The van der Waals surface area contributed by atoms with Gasteiger partial charge in [-0.15, -0.1) is 11.3 Å². The lowest BCUT2D eigenvalue weighted by atomic mass is 9.99. The molecule has 11 rings (SSSR count). The van der Waals surface area contributed by atoms with Crippen LogP contribution in [0.3, 0.4) is 0 Å². The van der Waals surface area contributed by atoms with E-state index in [1.54, 1.807) is 11.3 Å². The Kier molecular flexibility index (Phi) is 5.51. The van der Waals surface area contributed by atoms with Crippen molar-refractivity contribution in [1.29, 1.82) is 0 Å². The number of hydrogen-bond acceptors (Lipinski definition) is 4. The molecule has 228 valence electrons. The number of benzene rings is 7. The lowest BCUT2D eigenvalue weighted by Gasteiger charge is -2.10. The molecule has 0 amide bonds. The van der Waals surface area contributed by atoms with Crippen molar-refractivity contribution < 1.29 is 4.42 Å². The SMILES string of the molecule is c1ccc(-c2nc(-c3cc4c5cccc(-n6c7ccccc7c7ccccc76)c5oc4c4ccccc34)nc3c2sc2ccccc23)cc1. The van der Waals surface area contributed by atoms with Crippen molar-refractivity contribution in [3.63, 3.8) is 0 Å². The molecule has 5 heteroatoms. The molecule has 0 radical (unpaired) electrons. The van der Waals surface area contributed by atoms with Gasteiger partial charge in [0, 0.05) is 48.1 Å². The smallest absolute Gasteiger partial charge is 0.161 e. The van der Waals surface area contributed by atoms with Crippen LogP contribution in [0.4, 0.5) is 0 Å². The van der Waals surface area contributed by atoms with Gasteiger partial charge >= 0.3 is 0 Å². The number of hydrogen-bond donors (Lipinski definition) is 0. The fourth-order valence-electron chi connectivity index (χ4n) is 7.65. The quantitative estimate of drug-likeness (QED) is 0.192. The first-order valence-electron chi connectivity index (χ1n) is 16.4. The van der Waals surface area contributed by atoms with E-state index in [4.69, 9.17) is 14.4 Å². The lowest BCUT2D eigenvalue weighted by molar-refractivity contribution is 0.670. The van der Waals surface area contributed by atoms with Crippen molar-refractivity contribution in [3.8, 4) is 28.3 Å². The molecule has 0 fully saturated rings. The fraction of sp³-hybridized carbons (Fsp3) is 0. The molecule has 0 aliphatic carbocycles. The third-order valence-electron chi connectivity index (χ3n) is 9.81. The fourth-order valence-corrected chi connectivity index (χ4v) is 8.80. The predicted octanol–water partition coefficient (Wildman–Crippen LogP) is 12.3. The van der Waals surface area contributed by atoms with Gasteiger partial charge in [-0.3, -0.25) is 0 Å². The summed E-state index contributed by atoms with van der Waals surface area (Å²) in [4.78, 5) is 10.7. The number of rotatable bonds is 3. The maximum atomic E-state index is 6.96. The maximum absolute atomic E-state index is 6.96. The third-order valence-corrected chi connectivity index (χ3v) is 11.0. The van der Waals surface area contributed by atoms with Gasteiger partial charge in [-0.1, -0.05) is 121 Å². The Morgan fingerprint density at radius 2 is 1.10 bits per heavy atom. The van der Waals surface area contributed by atoms with E-state index in [1.807, 2.05) is 6.07 Å². The third kappa shape index (κ3) is 3.79. The summed E-state index contributed by atoms with van der Waals surface area (Å²) in [5.74, 6) is 0.709. The van der Waals surface area contributed by atoms with Gasteiger partial charge in [0.25, 0.3) is 0 Å². The molecule has 0 unspecified atom stereocenters. The van der Waals surface area contributed by atoms with Crippen LogP contribution in [0.25, 0.3) is 103 Å². The summed E-state index contributed by atoms with van der Waals surface area (Å²) in [6.07, 6.45) is 0. The Hall–Kier alpha value is -6.30. The zero-order chi connectivity index (χ0) is 32.1. The molecule has 7 aromatic carbocycles. The summed E-state index contributed by atoms with van der Waals surface area (Å²) in [6, 6.07) is 53.4. The first kappa shape index (κ1) is 26.7. The van der Waals surface area contributed by atoms with E-state index in [-0.39, 0.29) is 0 Å². The second-order valence-electron chi connectivity index (χ2n) is 12.5. The number of aromatic nitrogens is 3. The minimum atomic E-state index is 0.709. The zero-order valence-electron chi connectivity index (χ0n) is 26.1. The van der Waals surface area contributed by atoms with Crippen LogP contribution in [0.2, 0.25) is 0 Å². The van der Waals surface area contributed by atoms with E-state index < -0.39 is 0 Å². The second-order valence-corrected chi connectivity index (χ2v) is 13.6. The summed E-state index contributed by atoms with van der Waals surface area (Å²) >= 11 is 1.76. The number of fused-ring (bicyclic) bond motifs is 11. The first-order valence-corrected chi connectivity index (χ1v) is 17.2. The topological polar surface area (TPSA) is 43.9 Å². The highest BCUT2D eigenvalue weighted by atomic mass is 32.1. The van der Waals surface area contributed by atoms with Crippen molar-refractivity contribution in [1.82, 2.24) is 14.5 Å². The summed E-state index contributed by atoms with van der Waals surface area (Å²) in [7, 11) is 0. The van der Waals surface area contributed by atoms with E-state index in [9.17, 15) is 0 Å². The highest BCUT2D eigenvalue weighted by Crippen LogP contribution is 2.44. The molecule has 49 heavy (non-hydrogen) atoms. The highest BCUT2D eigenvalue weighted by Gasteiger charge is 2.22. The molecule has 11 aromatic rings. The van der Waals surface area contributed by atoms with Crippen molar-refractivity contribution in [2.24, 2.45) is 0 Å². The van der Waals surface area contributed by atoms with Crippen molar-refractivity contribution in [3.05, 3.63) is 152 Å². The standard InChI is InChI=1S/C44H25N3OS/c1-2-13-26(14-3-1)39-43-40(32-19-8-11-24-38(32)49-43)46-44(45-39)34-25-33-31-20-12-23-37(42(31)48-41(33)30-18-5-4-15-27(30)34)47-35-21-9-6-16-28(35)29-17-7-10-22-36(29)47/h1-25H. The molecule has 0 aliphatic heterocycles. The minimum absolute atomic E-state index is 0.709. The molecular formula is C44H25N3OS. The average molecular weight is 644 g/mol. The van der Waals surface area contributed by atoms with Crippen LogP contribution < -0.4 is 0 Å². The molecular weight excluding hydrogens is 619 g/mol. The van der Waals surface area contributed by atoms with E-state index in [1.165, 1.54) is 15.5 Å². The van der Waals surface area contributed by atoms with E-state index >= 15 is 0 Å². The predicted molar refractivity (Wildman–Crippen MR) is 205 cm³/mol. The van der Waals surface area contributed by atoms with Crippen molar-refractivity contribution in [2.75, 3.05) is 0 Å². The molecule has 0 spiro atoms. The molecule has 0 aliphatic rings. The first-order chi connectivity index (χ1) is 24.3. The molecule has 0 bridgehead atoms. The Morgan fingerprint density at radius 1 is 0.490 bits per heavy atom. The normalized spacial score (nSPS) is 12.1. The average Bonchev–Trinajstić information content (AvgIpc) is 3.84. The summed E-state index contributed by atoms with van der Waals surface area (Å²) in [6.45, 7) is 0. The van der Waals surface area contributed by atoms with Crippen LogP contribution in [0.5, 0.6) is 0 Å². The Bertz CT molecular complexity index is 3060. The Labute approximate surface area is 284 Å². The van der Waals surface area contributed by atoms with Crippen LogP contribution >= 0.6 is 11.3 Å². The zero-order valence-corrected chi connectivity index (χ0v) is 26.9. The van der Waals surface area contributed by atoms with Gasteiger partial charge in [-0.2, -0.15) is 0 Å². The minimum Gasteiger partial charge on any atom is -0.453 e. The Morgan fingerprint density at radius 3 is 1.88 bits per heavy atom. The van der Waals surface area contributed by atoms with Gasteiger partial charge in [0.05, 0.1) is 32.6 Å². The van der Waals surface area contributed by atoms with Gasteiger partial charge in [0.15, 0.2) is 11.4 Å². The van der Waals surface area contributed by atoms with Gasteiger partial charge in [-0.25, -0.2) is 9.97 Å². The molecule has 0 saturated carbocycles. The van der Waals surface area contributed by atoms with Crippen molar-refractivity contribution in [2.45, 2.75) is 0 Å². The van der Waals surface area contributed by atoms with Crippen molar-refractivity contribution >= 4 is 86.2 Å². The molecule has 0 atom stereocenters. The van der Waals surface area contributed by atoms with E-state index in [0.717, 1.165) is 81.9 Å². The van der Waals surface area contributed by atoms with Crippen LogP contribution in [-0.4, -0.2) is 14.5 Å².